The highest BCUT2D eigenvalue weighted by Gasteiger charge is 2.25. The molecule has 0 spiro atoms. The second-order valence-electron chi connectivity index (χ2n) is 3.86. The first-order valence-corrected chi connectivity index (χ1v) is 5.17. The third-order valence-electron chi connectivity index (χ3n) is 2.86. The van der Waals surface area contributed by atoms with E-state index in [0.29, 0.717) is 12.3 Å². The molecule has 0 bridgehead atoms. The molecule has 0 aromatic carbocycles. The van der Waals surface area contributed by atoms with Crippen molar-refractivity contribution in [2.75, 3.05) is 0 Å². The number of amides is 2. The predicted molar refractivity (Wildman–Crippen MR) is 53.3 cm³/mol. The lowest BCUT2D eigenvalue weighted by Gasteiger charge is -2.31. The summed E-state index contributed by atoms with van der Waals surface area (Å²) in [7, 11) is 0. The Bertz CT molecular complexity index is 234. The number of nitrogens with zero attached hydrogens (tertiary/aromatic N) is 1. The van der Waals surface area contributed by atoms with Crippen LogP contribution in [0.25, 0.3) is 0 Å². The van der Waals surface area contributed by atoms with Crippen molar-refractivity contribution < 1.29 is 4.79 Å². The Hall–Kier alpha value is -1.24. The number of hydrogen-bond donors (Lipinski definition) is 2. The molecular formula is C10H17N3O. The van der Waals surface area contributed by atoms with Crippen LogP contribution in [0, 0.1) is 17.2 Å². The Morgan fingerprint density at radius 1 is 1.50 bits per heavy atom. The molecule has 1 aliphatic rings. The van der Waals surface area contributed by atoms with Crippen LogP contribution in [-0.4, -0.2) is 12.1 Å². The fraction of sp³-hybridized carbons (Fsp3) is 0.800. The van der Waals surface area contributed by atoms with E-state index in [-0.39, 0.29) is 6.04 Å². The molecule has 1 saturated carbocycles. The van der Waals surface area contributed by atoms with Crippen LogP contribution in [0.3, 0.4) is 0 Å². The topological polar surface area (TPSA) is 78.9 Å². The molecule has 0 heterocycles. The number of carbonyl (C=O) groups excluding carboxylic acids is 1. The maximum Gasteiger partial charge on any atom is 0.312 e. The van der Waals surface area contributed by atoms with Crippen molar-refractivity contribution in [3.8, 4) is 6.07 Å². The lowest BCUT2D eigenvalue weighted by atomic mass is 9.82. The van der Waals surface area contributed by atoms with E-state index < -0.39 is 6.03 Å². The molecule has 2 amide bonds. The summed E-state index contributed by atoms with van der Waals surface area (Å²) in [5.74, 6) is 0.441. The molecule has 0 unspecified atom stereocenters. The van der Waals surface area contributed by atoms with Gasteiger partial charge in [0, 0.05) is 12.5 Å². The molecule has 2 atom stereocenters. The van der Waals surface area contributed by atoms with Gasteiger partial charge in [-0.2, -0.15) is 5.26 Å². The molecule has 4 nitrogen and oxygen atoms in total. The van der Waals surface area contributed by atoms with Crippen molar-refractivity contribution in [1.29, 1.82) is 5.26 Å². The fourth-order valence-electron chi connectivity index (χ4n) is 2.18. The number of nitrogens with one attached hydrogen (secondary N) is 1. The average Bonchev–Trinajstić information content (AvgIpc) is 2.16. The predicted octanol–water partition coefficient (Wildman–Crippen LogP) is 1.52. The molecule has 78 valence electrons. The summed E-state index contributed by atoms with van der Waals surface area (Å²) in [5.41, 5.74) is 5.10. The SMILES string of the molecule is N#CCC[C@@H]1CCCC[C@H]1NC(N)=O. The van der Waals surface area contributed by atoms with Crippen LogP contribution in [0.4, 0.5) is 4.79 Å². The summed E-state index contributed by atoms with van der Waals surface area (Å²) in [6, 6.07) is 1.89. The minimum absolute atomic E-state index is 0.189. The summed E-state index contributed by atoms with van der Waals surface area (Å²) in [5, 5.41) is 11.3. The van der Waals surface area contributed by atoms with E-state index in [1.807, 2.05) is 0 Å². The normalized spacial score (nSPS) is 26.5. The van der Waals surface area contributed by atoms with Gasteiger partial charge in [-0.3, -0.25) is 0 Å². The summed E-state index contributed by atoms with van der Waals surface area (Å²) < 4.78 is 0. The van der Waals surface area contributed by atoms with Crippen molar-refractivity contribution in [3.05, 3.63) is 0 Å². The van der Waals surface area contributed by atoms with Gasteiger partial charge in [-0.15, -0.1) is 0 Å². The Labute approximate surface area is 84.5 Å². The number of urea groups is 1. The summed E-state index contributed by atoms with van der Waals surface area (Å²) in [4.78, 5) is 10.7. The van der Waals surface area contributed by atoms with Gasteiger partial charge in [-0.25, -0.2) is 4.79 Å². The van der Waals surface area contributed by atoms with Crippen molar-refractivity contribution in [1.82, 2.24) is 5.32 Å². The van der Waals surface area contributed by atoms with E-state index in [1.165, 1.54) is 6.42 Å². The monoisotopic (exact) mass is 195 g/mol. The van der Waals surface area contributed by atoms with Gasteiger partial charge in [0.1, 0.15) is 0 Å². The highest BCUT2D eigenvalue weighted by molar-refractivity contribution is 5.72. The first-order valence-electron chi connectivity index (χ1n) is 5.17. The summed E-state index contributed by atoms with van der Waals surface area (Å²) in [6.07, 6.45) is 5.90. The number of nitriles is 1. The van der Waals surface area contributed by atoms with Crippen LogP contribution in [0.1, 0.15) is 38.5 Å². The van der Waals surface area contributed by atoms with Gasteiger partial charge < -0.3 is 11.1 Å². The van der Waals surface area contributed by atoms with E-state index in [9.17, 15) is 4.79 Å². The summed E-state index contributed by atoms with van der Waals surface area (Å²) in [6.45, 7) is 0. The van der Waals surface area contributed by atoms with Crippen molar-refractivity contribution >= 4 is 6.03 Å². The Morgan fingerprint density at radius 3 is 2.86 bits per heavy atom. The zero-order valence-electron chi connectivity index (χ0n) is 8.33. The minimum Gasteiger partial charge on any atom is -0.352 e. The van der Waals surface area contributed by atoms with Crippen molar-refractivity contribution in [3.63, 3.8) is 0 Å². The number of carbonyl (C=O) groups is 1. The highest BCUT2D eigenvalue weighted by atomic mass is 16.2. The van der Waals surface area contributed by atoms with Crippen LogP contribution in [-0.2, 0) is 0 Å². The van der Waals surface area contributed by atoms with E-state index >= 15 is 0 Å². The highest BCUT2D eigenvalue weighted by Crippen LogP contribution is 2.27. The third-order valence-corrected chi connectivity index (χ3v) is 2.86. The molecule has 0 aromatic heterocycles. The van der Waals surface area contributed by atoms with Crippen LogP contribution in [0.2, 0.25) is 0 Å². The second kappa shape index (κ2) is 5.48. The second-order valence-corrected chi connectivity index (χ2v) is 3.86. The Morgan fingerprint density at radius 2 is 2.21 bits per heavy atom. The zero-order chi connectivity index (χ0) is 10.4. The van der Waals surface area contributed by atoms with Crippen LogP contribution in [0.5, 0.6) is 0 Å². The molecule has 1 aliphatic carbocycles. The molecule has 0 aromatic rings. The maximum absolute atomic E-state index is 10.7. The van der Waals surface area contributed by atoms with Gasteiger partial charge in [0.25, 0.3) is 0 Å². The minimum atomic E-state index is -0.446. The number of rotatable bonds is 3. The van der Waals surface area contributed by atoms with Crippen molar-refractivity contribution in [2.24, 2.45) is 11.7 Å². The first-order chi connectivity index (χ1) is 6.74. The first kappa shape index (κ1) is 10.8. The molecule has 4 heteroatoms. The van der Waals surface area contributed by atoms with Gasteiger partial charge in [0.2, 0.25) is 0 Å². The smallest absolute Gasteiger partial charge is 0.312 e. The average molecular weight is 195 g/mol. The van der Waals surface area contributed by atoms with E-state index in [2.05, 4.69) is 11.4 Å². The van der Waals surface area contributed by atoms with Crippen LogP contribution in [0.15, 0.2) is 0 Å². The lowest BCUT2D eigenvalue weighted by molar-refractivity contribution is 0.221. The fourth-order valence-corrected chi connectivity index (χ4v) is 2.18. The van der Waals surface area contributed by atoms with Gasteiger partial charge in [0.05, 0.1) is 6.07 Å². The Balaban J connectivity index is 2.42. The number of nitrogens with two attached hydrogens (primary N) is 1. The standard InChI is InChI=1S/C10H17N3O/c11-7-3-5-8-4-1-2-6-9(8)13-10(12)14/h8-9H,1-6H2,(H3,12,13,14)/t8-,9+/m0/s1. The molecule has 3 N–H and O–H groups in total. The van der Waals surface area contributed by atoms with Gasteiger partial charge in [-0.05, 0) is 25.2 Å². The Kier molecular flexibility index (Phi) is 4.24. The maximum atomic E-state index is 10.7. The molecule has 0 aliphatic heterocycles. The largest absolute Gasteiger partial charge is 0.352 e. The molecule has 1 rings (SSSR count). The van der Waals surface area contributed by atoms with Gasteiger partial charge in [0.15, 0.2) is 0 Å². The quantitative estimate of drug-likeness (QED) is 0.716. The third kappa shape index (κ3) is 3.25. The molecule has 0 radical (unpaired) electrons. The van der Waals surface area contributed by atoms with E-state index in [0.717, 1.165) is 25.7 Å². The van der Waals surface area contributed by atoms with Crippen LogP contribution >= 0.6 is 0 Å². The summed E-state index contributed by atoms with van der Waals surface area (Å²) >= 11 is 0. The van der Waals surface area contributed by atoms with E-state index in [1.54, 1.807) is 0 Å². The van der Waals surface area contributed by atoms with E-state index in [4.69, 9.17) is 11.0 Å². The van der Waals surface area contributed by atoms with Gasteiger partial charge in [-0.1, -0.05) is 12.8 Å². The van der Waals surface area contributed by atoms with Crippen molar-refractivity contribution in [2.45, 2.75) is 44.6 Å². The van der Waals surface area contributed by atoms with Gasteiger partial charge >= 0.3 is 6.03 Å². The molecular weight excluding hydrogens is 178 g/mol. The molecule has 1 fully saturated rings. The number of primary amides is 1. The molecule has 0 saturated heterocycles. The zero-order valence-corrected chi connectivity index (χ0v) is 8.33. The lowest BCUT2D eigenvalue weighted by Crippen LogP contribution is -2.44. The number of hydrogen-bond acceptors (Lipinski definition) is 2. The van der Waals surface area contributed by atoms with Crippen LogP contribution < -0.4 is 11.1 Å². The molecule has 14 heavy (non-hydrogen) atoms.